The van der Waals surface area contributed by atoms with Crippen LogP contribution >= 0.6 is 0 Å². The van der Waals surface area contributed by atoms with Gasteiger partial charge < -0.3 is 10.4 Å². The summed E-state index contributed by atoms with van der Waals surface area (Å²) in [5.41, 5.74) is 0.898. The molecular formula is C13H19NO2. The summed E-state index contributed by atoms with van der Waals surface area (Å²) < 4.78 is 0. The Morgan fingerprint density at radius 1 is 1.25 bits per heavy atom. The summed E-state index contributed by atoms with van der Waals surface area (Å²) in [4.78, 5) is 10.1. The van der Waals surface area contributed by atoms with Crippen molar-refractivity contribution in [1.29, 1.82) is 0 Å². The van der Waals surface area contributed by atoms with Gasteiger partial charge in [0.25, 0.3) is 0 Å². The van der Waals surface area contributed by atoms with Crippen molar-refractivity contribution in [3.63, 3.8) is 0 Å². The number of rotatable bonds is 4. The van der Waals surface area contributed by atoms with Crippen LogP contribution in [-0.2, 0) is 4.79 Å². The SMILES string of the molecule is CCNCC.O=C(O)C=Cc1ccccc1. The zero-order chi connectivity index (χ0) is 12.2. The lowest BCUT2D eigenvalue weighted by molar-refractivity contribution is -0.131. The molecule has 0 amide bonds. The maximum Gasteiger partial charge on any atom is 0.328 e. The summed E-state index contributed by atoms with van der Waals surface area (Å²) in [5.74, 6) is -0.922. The molecule has 0 fully saturated rings. The average molecular weight is 221 g/mol. The van der Waals surface area contributed by atoms with Gasteiger partial charge in [-0.1, -0.05) is 44.2 Å². The fourth-order valence-electron chi connectivity index (χ4n) is 0.982. The molecule has 0 aromatic heterocycles. The van der Waals surface area contributed by atoms with E-state index >= 15 is 0 Å². The first-order valence-electron chi connectivity index (χ1n) is 5.37. The molecule has 0 aliphatic rings. The van der Waals surface area contributed by atoms with Crippen LogP contribution in [0.4, 0.5) is 0 Å². The maximum absolute atomic E-state index is 10.1. The normalized spacial score (nSPS) is 9.62. The van der Waals surface area contributed by atoms with E-state index < -0.39 is 5.97 Å². The summed E-state index contributed by atoms with van der Waals surface area (Å²) in [5, 5.41) is 11.4. The van der Waals surface area contributed by atoms with Crippen LogP contribution in [-0.4, -0.2) is 24.2 Å². The maximum atomic E-state index is 10.1. The van der Waals surface area contributed by atoms with Gasteiger partial charge in [0.1, 0.15) is 0 Å². The Kier molecular flexibility index (Phi) is 8.93. The lowest BCUT2D eigenvalue weighted by Crippen LogP contribution is -2.09. The second-order valence-electron chi connectivity index (χ2n) is 3.04. The average Bonchev–Trinajstić information content (AvgIpc) is 2.30. The molecule has 16 heavy (non-hydrogen) atoms. The summed E-state index contributed by atoms with van der Waals surface area (Å²) in [6, 6.07) is 9.31. The molecule has 88 valence electrons. The molecule has 1 rings (SSSR count). The second-order valence-corrected chi connectivity index (χ2v) is 3.04. The highest BCUT2D eigenvalue weighted by Crippen LogP contribution is 1.99. The van der Waals surface area contributed by atoms with Gasteiger partial charge in [0, 0.05) is 6.08 Å². The molecule has 0 heterocycles. The highest BCUT2D eigenvalue weighted by atomic mass is 16.4. The number of carboxylic acid groups (broad SMARTS) is 1. The van der Waals surface area contributed by atoms with Crippen molar-refractivity contribution in [2.75, 3.05) is 13.1 Å². The van der Waals surface area contributed by atoms with E-state index in [1.54, 1.807) is 6.08 Å². The molecule has 1 aromatic rings. The largest absolute Gasteiger partial charge is 0.478 e. The number of benzene rings is 1. The van der Waals surface area contributed by atoms with E-state index in [0.717, 1.165) is 24.7 Å². The number of hydrogen-bond acceptors (Lipinski definition) is 2. The van der Waals surface area contributed by atoms with Gasteiger partial charge in [-0.25, -0.2) is 4.79 Å². The highest BCUT2D eigenvalue weighted by Gasteiger charge is 1.85. The predicted molar refractivity (Wildman–Crippen MR) is 67.3 cm³/mol. The first-order valence-corrected chi connectivity index (χ1v) is 5.37. The number of carboxylic acids is 1. The Balaban J connectivity index is 0.000000385. The van der Waals surface area contributed by atoms with Crippen molar-refractivity contribution in [3.05, 3.63) is 42.0 Å². The molecule has 0 radical (unpaired) electrons. The predicted octanol–water partition coefficient (Wildman–Crippen LogP) is 2.40. The first kappa shape index (κ1) is 14.4. The topological polar surface area (TPSA) is 49.3 Å². The molecule has 0 bridgehead atoms. The van der Waals surface area contributed by atoms with E-state index in [1.807, 2.05) is 30.3 Å². The highest BCUT2D eigenvalue weighted by molar-refractivity contribution is 5.85. The fraction of sp³-hybridized carbons (Fsp3) is 0.308. The molecule has 0 atom stereocenters. The monoisotopic (exact) mass is 221 g/mol. The molecule has 0 unspecified atom stereocenters. The molecule has 2 N–H and O–H groups in total. The minimum absolute atomic E-state index is 0.898. The van der Waals surface area contributed by atoms with Crippen molar-refractivity contribution in [3.8, 4) is 0 Å². The smallest absolute Gasteiger partial charge is 0.328 e. The van der Waals surface area contributed by atoms with E-state index in [2.05, 4.69) is 19.2 Å². The van der Waals surface area contributed by atoms with Gasteiger partial charge in [0.05, 0.1) is 0 Å². The van der Waals surface area contributed by atoms with Crippen LogP contribution in [0.25, 0.3) is 6.08 Å². The second kappa shape index (κ2) is 9.93. The van der Waals surface area contributed by atoms with Crippen molar-refractivity contribution in [2.24, 2.45) is 0 Å². The van der Waals surface area contributed by atoms with E-state index in [0.29, 0.717) is 0 Å². The lowest BCUT2D eigenvalue weighted by Gasteiger charge is -1.87. The Bertz CT molecular complexity index is 305. The third kappa shape index (κ3) is 8.97. The van der Waals surface area contributed by atoms with Crippen molar-refractivity contribution < 1.29 is 9.90 Å². The van der Waals surface area contributed by atoms with Crippen molar-refractivity contribution in [2.45, 2.75) is 13.8 Å². The number of hydrogen-bond donors (Lipinski definition) is 2. The van der Waals surface area contributed by atoms with Gasteiger partial charge in [-0.05, 0) is 24.7 Å². The van der Waals surface area contributed by atoms with Gasteiger partial charge in [0.15, 0.2) is 0 Å². The molecule has 0 spiro atoms. The Morgan fingerprint density at radius 2 is 1.81 bits per heavy atom. The van der Waals surface area contributed by atoms with Gasteiger partial charge in [-0.2, -0.15) is 0 Å². The standard InChI is InChI=1S/C9H8O2.C4H11N/c10-9(11)7-6-8-4-2-1-3-5-8;1-3-5-4-2/h1-7H,(H,10,11);5H,3-4H2,1-2H3. The molecule has 1 aromatic carbocycles. The molecule has 3 nitrogen and oxygen atoms in total. The van der Waals surface area contributed by atoms with Crippen LogP contribution in [0.5, 0.6) is 0 Å². The van der Waals surface area contributed by atoms with E-state index in [9.17, 15) is 4.79 Å². The molecule has 3 heteroatoms. The Hall–Kier alpha value is -1.61. The Labute approximate surface area is 96.8 Å². The molecule has 0 aliphatic heterocycles. The van der Waals surface area contributed by atoms with Crippen LogP contribution < -0.4 is 5.32 Å². The van der Waals surface area contributed by atoms with E-state index in [-0.39, 0.29) is 0 Å². The van der Waals surface area contributed by atoms with Crippen LogP contribution in [0.15, 0.2) is 36.4 Å². The van der Waals surface area contributed by atoms with Gasteiger partial charge in [-0.15, -0.1) is 0 Å². The first-order chi connectivity index (χ1) is 7.70. The zero-order valence-corrected chi connectivity index (χ0v) is 9.81. The lowest BCUT2D eigenvalue weighted by atomic mass is 10.2. The quantitative estimate of drug-likeness (QED) is 0.767. The minimum Gasteiger partial charge on any atom is -0.478 e. The zero-order valence-electron chi connectivity index (χ0n) is 9.81. The van der Waals surface area contributed by atoms with Crippen LogP contribution in [0.1, 0.15) is 19.4 Å². The minimum atomic E-state index is -0.922. The van der Waals surface area contributed by atoms with E-state index in [4.69, 9.17) is 5.11 Å². The molecular weight excluding hydrogens is 202 g/mol. The van der Waals surface area contributed by atoms with Crippen molar-refractivity contribution in [1.82, 2.24) is 5.32 Å². The summed E-state index contributed by atoms with van der Waals surface area (Å²) in [6.45, 7) is 6.39. The fourth-order valence-corrected chi connectivity index (χ4v) is 0.982. The molecule has 0 aliphatic carbocycles. The summed E-state index contributed by atoms with van der Waals surface area (Å²) in [6.07, 6.45) is 2.68. The van der Waals surface area contributed by atoms with Crippen molar-refractivity contribution >= 4 is 12.0 Å². The third-order valence-electron chi connectivity index (χ3n) is 1.72. The molecule has 0 saturated heterocycles. The Morgan fingerprint density at radius 3 is 2.19 bits per heavy atom. The van der Waals surface area contributed by atoms with Crippen LogP contribution in [0, 0.1) is 0 Å². The number of aliphatic carboxylic acids is 1. The number of carbonyl (C=O) groups is 1. The van der Waals surface area contributed by atoms with Gasteiger partial charge in [-0.3, -0.25) is 0 Å². The number of nitrogens with one attached hydrogen (secondary N) is 1. The summed E-state index contributed by atoms with van der Waals surface area (Å²) in [7, 11) is 0. The summed E-state index contributed by atoms with van der Waals surface area (Å²) >= 11 is 0. The van der Waals surface area contributed by atoms with Crippen LogP contribution in [0.2, 0.25) is 0 Å². The third-order valence-corrected chi connectivity index (χ3v) is 1.72. The van der Waals surface area contributed by atoms with Crippen LogP contribution in [0.3, 0.4) is 0 Å². The van der Waals surface area contributed by atoms with E-state index in [1.165, 1.54) is 0 Å². The van der Waals surface area contributed by atoms with Gasteiger partial charge in [0.2, 0.25) is 0 Å². The van der Waals surface area contributed by atoms with Gasteiger partial charge >= 0.3 is 5.97 Å². The molecule has 0 saturated carbocycles.